The molecule has 1 aliphatic carbocycles. The molecular formula is C15H19N. The highest BCUT2D eigenvalue weighted by atomic mass is 14.7. The molecule has 0 saturated heterocycles. The molecule has 0 saturated carbocycles. The van der Waals surface area contributed by atoms with Crippen LogP contribution in [-0.2, 0) is 6.42 Å². The number of hydrogen-bond acceptors (Lipinski definition) is 1. The summed E-state index contributed by atoms with van der Waals surface area (Å²) >= 11 is 0. The quantitative estimate of drug-likeness (QED) is 0.768. The minimum atomic E-state index is 0.268. The SMILES string of the molecule is CC#CCCC(N)C1CCc2ccccc21. The van der Waals surface area contributed by atoms with Crippen molar-refractivity contribution in [2.24, 2.45) is 5.73 Å². The van der Waals surface area contributed by atoms with E-state index in [0.717, 1.165) is 12.8 Å². The van der Waals surface area contributed by atoms with E-state index in [9.17, 15) is 0 Å². The maximum atomic E-state index is 6.27. The summed E-state index contributed by atoms with van der Waals surface area (Å²) in [5.41, 5.74) is 9.23. The topological polar surface area (TPSA) is 26.0 Å². The smallest absolute Gasteiger partial charge is 0.0117 e. The Morgan fingerprint density at radius 1 is 1.44 bits per heavy atom. The van der Waals surface area contributed by atoms with Gasteiger partial charge in [-0.05, 0) is 43.2 Å². The molecule has 2 unspecified atom stereocenters. The van der Waals surface area contributed by atoms with Gasteiger partial charge in [0.2, 0.25) is 0 Å². The molecule has 1 aromatic rings. The largest absolute Gasteiger partial charge is 0.327 e. The lowest BCUT2D eigenvalue weighted by molar-refractivity contribution is 0.503. The molecule has 0 fully saturated rings. The second-order valence-corrected chi connectivity index (χ2v) is 4.47. The van der Waals surface area contributed by atoms with Crippen molar-refractivity contribution in [3.05, 3.63) is 35.4 Å². The van der Waals surface area contributed by atoms with Crippen LogP contribution in [0.5, 0.6) is 0 Å². The minimum Gasteiger partial charge on any atom is -0.327 e. The first-order valence-electron chi connectivity index (χ1n) is 6.06. The molecule has 1 nitrogen and oxygen atoms in total. The first-order valence-corrected chi connectivity index (χ1v) is 6.06. The van der Waals surface area contributed by atoms with Crippen LogP contribution in [0.3, 0.4) is 0 Å². The fraction of sp³-hybridized carbons (Fsp3) is 0.467. The molecule has 0 spiro atoms. The number of benzene rings is 1. The van der Waals surface area contributed by atoms with Gasteiger partial charge in [-0.25, -0.2) is 0 Å². The van der Waals surface area contributed by atoms with Gasteiger partial charge in [-0.3, -0.25) is 0 Å². The predicted octanol–water partition coefficient (Wildman–Crippen LogP) is 2.85. The molecule has 0 aliphatic heterocycles. The summed E-state index contributed by atoms with van der Waals surface area (Å²) in [5, 5.41) is 0. The van der Waals surface area contributed by atoms with Gasteiger partial charge in [0.1, 0.15) is 0 Å². The van der Waals surface area contributed by atoms with Gasteiger partial charge in [0, 0.05) is 12.5 Å². The zero-order valence-electron chi connectivity index (χ0n) is 9.87. The van der Waals surface area contributed by atoms with E-state index >= 15 is 0 Å². The molecular weight excluding hydrogens is 194 g/mol. The standard InChI is InChI=1S/C15H19N/c1-2-3-4-9-15(16)14-11-10-12-7-5-6-8-13(12)14/h5-8,14-15H,4,9-11,16H2,1H3. The van der Waals surface area contributed by atoms with Crippen molar-refractivity contribution in [3.63, 3.8) is 0 Å². The van der Waals surface area contributed by atoms with Crippen molar-refractivity contribution in [3.8, 4) is 11.8 Å². The Hall–Kier alpha value is -1.26. The number of hydrogen-bond donors (Lipinski definition) is 1. The summed E-state index contributed by atoms with van der Waals surface area (Å²) in [4.78, 5) is 0. The van der Waals surface area contributed by atoms with Gasteiger partial charge in [0.15, 0.2) is 0 Å². The van der Waals surface area contributed by atoms with Gasteiger partial charge in [-0.2, -0.15) is 0 Å². The van der Waals surface area contributed by atoms with Crippen LogP contribution in [0.25, 0.3) is 0 Å². The molecule has 2 atom stereocenters. The molecule has 1 aromatic carbocycles. The van der Waals surface area contributed by atoms with Crippen molar-refractivity contribution < 1.29 is 0 Å². The lowest BCUT2D eigenvalue weighted by atomic mass is 9.91. The van der Waals surface area contributed by atoms with Crippen LogP contribution in [0.4, 0.5) is 0 Å². The highest BCUT2D eigenvalue weighted by molar-refractivity contribution is 5.35. The van der Waals surface area contributed by atoms with Crippen LogP contribution < -0.4 is 5.73 Å². The third-order valence-corrected chi connectivity index (χ3v) is 3.48. The predicted molar refractivity (Wildman–Crippen MR) is 68.2 cm³/mol. The van der Waals surface area contributed by atoms with Gasteiger partial charge in [-0.1, -0.05) is 24.3 Å². The first kappa shape index (κ1) is 11.2. The van der Waals surface area contributed by atoms with E-state index in [1.165, 1.54) is 24.0 Å². The van der Waals surface area contributed by atoms with Crippen molar-refractivity contribution in [2.45, 2.75) is 44.6 Å². The maximum absolute atomic E-state index is 6.27. The number of aryl methyl sites for hydroxylation is 1. The van der Waals surface area contributed by atoms with Gasteiger partial charge in [-0.15, -0.1) is 11.8 Å². The van der Waals surface area contributed by atoms with E-state index in [0.29, 0.717) is 5.92 Å². The van der Waals surface area contributed by atoms with E-state index in [2.05, 4.69) is 36.1 Å². The van der Waals surface area contributed by atoms with Crippen LogP contribution in [-0.4, -0.2) is 6.04 Å². The summed E-state index contributed by atoms with van der Waals surface area (Å²) in [5.74, 6) is 6.57. The Morgan fingerprint density at radius 2 is 2.25 bits per heavy atom. The van der Waals surface area contributed by atoms with Crippen LogP contribution in [0.2, 0.25) is 0 Å². The number of nitrogens with two attached hydrogens (primary N) is 1. The minimum absolute atomic E-state index is 0.268. The van der Waals surface area contributed by atoms with Crippen molar-refractivity contribution in [2.75, 3.05) is 0 Å². The zero-order chi connectivity index (χ0) is 11.4. The van der Waals surface area contributed by atoms with E-state index in [1.54, 1.807) is 0 Å². The van der Waals surface area contributed by atoms with Crippen molar-refractivity contribution >= 4 is 0 Å². The van der Waals surface area contributed by atoms with E-state index in [4.69, 9.17) is 5.73 Å². The summed E-state index contributed by atoms with van der Waals surface area (Å²) in [6.07, 6.45) is 4.34. The first-order chi connectivity index (χ1) is 7.83. The molecule has 0 heterocycles. The van der Waals surface area contributed by atoms with Crippen LogP contribution in [0, 0.1) is 11.8 Å². The molecule has 84 valence electrons. The fourth-order valence-electron chi connectivity index (χ4n) is 2.60. The zero-order valence-corrected chi connectivity index (χ0v) is 9.87. The van der Waals surface area contributed by atoms with Crippen LogP contribution in [0.1, 0.15) is 43.2 Å². The number of fused-ring (bicyclic) bond motifs is 1. The lowest BCUT2D eigenvalue weighted by Crippen LogP contribution is -2.26. The van der Waals surface area contributed by atoms with Crippen LogP contribution in [0.15, 0.2) is 24.3 Å². The van der Waals surface area contributed by atoms with Crippen LogP contribution >= 0.6 is 0 Å². The van der Waals surface area contributed by atoms with Gasteiger partial charge in [0.05, 0.1) is 0 Å². The Kier molecular flexibility index (Phi) is 3.64. The highest BCUT2D eigenvalue weighted by Gasteiger charge is 2.26. The molecule has 0 amide bonds. The summed E-state index contributed by atoms with van der Waals surface area (Å²) < 4.78 is 0. The molecule has 16 heavy (non-hydrogen) atoms. The van der Waals surface area contributed by atoms with Gasteiger partial charge in [0.25, 0.3) is 0 Å². The second kappa shape index (κ2) is 5.18. The summed E-state index contributed by atoms with van der Waals surface area (Å²) in [7, 11) is 0. The van der Waals surface area contributed by atoms with E-state index in [1.807, 2.05) is 6.92 Å². The number of rotatable bonds is 3. The highest BCUT2D eigenvalue weighted by Crippen LogP contribution is 2.35. The normalized spacial score (nSPS) is 19.8. The Labute approximate surface area is 98.0 Å². The Bertz CT molecular complexity index is 411. The third-order valence-electron chi connectivity index (χ3n) is 3.48. The Morgan fingerprint density at radius 3 is 3.06 bits per heavy atom. The van der Waals surface area contributed by atoms with Gasteiger partial charge >= 0.3 is 0 Å². The lowest BCUT2D eigenvalue weighted by Gasteiger charge is -2.19. The molecule has 1 aliphatic rings. The molecule has 2 N–H and O–H groups in total. The molecule has 2 rings (SSSR count). The fourth-order valence-corrected chi connectivity index (χ4v) is 2.60. The average Bonchev–Trinajstić information content (AvgIpc) is 2.73. The average molecular weight is 213 g/mol. The van der Waals surface area contributed by atoms with Crippen molar-refractivity contribution in [1.29, 1.82) is 0 Å². The molecule has 0 bridgehead atoms. The molecule has 1 heteroatoms. The molecule has 0 aromatic heterocycles. The maximum Gasteiger partial charge on any atom is 0.0117 e. The van der Waals surface area contributed by atoms with Gasteiger partial charge < -0.3 is 5.73 Å². The van der Waals surface area contributed by atoms with E-state index < -0.39 is 0 Å². The Balaban J connectivity index is 2.03. The third kappa shape index (κ3) is 2.28. The second-order valence-electron chi connectivity index (χ2n) is 4.47. The van der Waals surface area contributed by atoms with E-state index in [-0.39, 0.29) is 6.04 Å². The molecule has 0 radical (unpaired) electrons. The summed E-state index contributed by atoms with van der Waals surface area (Å²) in [6.45, 7) is 1.89. The summed E-state index contributed by atoms with van der Waals surface area (Å²) in [6, 6.07) is 8.97. The van der Waals surface area contributed by atoms with Crippen molar-refractivity contribution in [1.82, 2.24) is 0 Å². The monoisotopic (exact) mass is 213 g/mol.